The van der Waals surface area contributed by atoms with Crippen molar-refractivity contribution in [1.29, 1.82) is 0 Å². The molecule has 2 saturated heterocycles. The van der Waals surface area contributed by atoms with Crippen LogP contribution in [0.1, 0.15) is 147 Å². The van der Waals surface area contributed by atoms with Gasteiger partial charge in [0.2, 0.25) is 0 Å². The Labute approximate surface area is 455 Å². The van der Waals surface area contributed by atoms with Crippen molar-refractivity contribution in [3.63, 3.8) is 0 Å². The number of aliphatic hydroxyl groups is 5. The smallest absolute Gasteiger partial charge is 0.338 e. The summed E-state index contributed by atoms with van der Waals surface area (Å²) in [5.41, 5.74) is -9.71. The number of fused-ring (bicyclic) bond motifs is 5. The minimum absolute atomic E-state index is 0.100. The number of halogens is 1. The molecule has 0 aromatic carbocycles. The predicted octanol–water partition coefficient (Wildman–Crippen LogP) is 5.16. The molecule has 0 aromatic rings. The Balaban J connectivity index is 1.22. The van der Waals surface area contributed by atoms with Crippen LogP contribution in [0.15, 0.2) is 23.8 Å². The minimum atomic E-state index is -2.14. The Morgan fingerprint density at radius 1 is 0.922 bits per heavy atom. The number of alkyl halides is 1. The van der Waals surface area contributed by atoms with E-state index in [0.717, 1.165) is 0 Å². The van der Waals surface area contributed by atoms with E-state index < -0.39 is 136 Å². The topological polar surface area (TPSA) is 248 Å². The van der Waals surface area contributed by atoms with Crippen LogP contribution in [0.2, 0.25) is 0 Å². The van der Waals surface area contributed by atoms with E-state index in [-0.39, 0.29) is 69.0 Å². The van der Waals surface area contributed by atoms with Crippen LogP contribution in [-0.2, 0) is 52.4 Å². The normalized spacial score (nSPS) is 46.1. The van der Waals surface area contributed by atoms with Gasteiger partial charge in [0.15, 0.2) is 29.4 Å². The molecule has 0 aromatic heterocycles. The van der Waals surface area contributed by atoms with Crippen molar-refractivity contribution < 1.29 is 82.3 Å². The zero-order valence-electron chi connectivity index (χ0n) is 48.5. The lowest BCUT2D eigenvalue weighted by Crippen LogP contribution is -2.69. The van der Waals surface area contributed by atoms with E-state index in [1.807, 2.05) is 37.7 Å². The van der Waals surface area contributed by atoms with Crippen LogP contribution in [0.25, 0.3) is 0 Å². The number of unbranched alkanes of at least 4 members (excludes halogenated alkanes) is 1. The third-order valence-corrected chi connectivity index (χ3v) is 19.5. The van der Waals surface area contributed by atoms with Gasteiger partial charge in [-0.25, -0.2) is 9.18 Å². The maximum Gasteiger partial charge on any atom is 0.338 e. The van der Waals surface area contributed by atoms with Crippen LogP contribution < -0.4 is 0 Å². The number of carbonyl (C=O) groups excluding carboxylic acids is 5. The zero-order chi connectivity index (χ0) is 57.7. The SMILES string of the molecule is CC[C@H]1OC(=O)[C@H](C)[C@@H](OC(=O)CCCCOC(=O)[C@@]2(O)[C@H](C)CC3C4CCC5=CC(=O)C=C[C@]5(C)[C@@]4(F)[C@@H](O)C[C@@]32C)[C@H](C)[C@@H](O[C@@H]2O[C@H](C)C[C@@H](N(C)C)[C@H]2OC(C)=O)C(C)(O)C[C@@H](C)CN(C)[C@H](C)[C@@H](O)[C@]1(C)O. The number of nitrogens with zero attached hydrogens (tertiary/aromatic N) is 2. The number of allylic oxidation sites excluding steroid dienone is 4. The zero-order valence-corrected chi connectivity index (χ0v) is 48.5. The van der Waals surface area contributed by atoms with Gasteiger partial charge in [0, 0.05) is 48.6 Å². The molecule has 438 valence electrons. The van der Waals surface area contributed by atoms with Gasteiger partial charge in [0.05, 0.1) is 42.5 Å². The summed E-state index contributed by atoms with van der Waals surface area (Å²) in [6.45, 7) is 20.1. The molecule has 3 unspecified atom stereocenters. The maximum atomic E-state index is 17.7. The molecular weight excluding hydrogens is 1000 g/mol. The highest BCUT2D eigenvalue weighted by atomic mass is 19.1. The third-order valence-electron chi connectivity index (χ3n) is 19.5. The first-order chi connectivity index (χ1) is 35.6. The van der Waals surface area contributed by atoms with Gasteiger partial charge in [0.1, 0.15) is 23.9 Å². The van der Waals surface area contributed by atoms with Gasteiger partial charge in [0.25, 0.3) is 0 Å². The number of ether oxygens (including phenoxy) is 6. The van der Waals surface area contributed by atoms with E-state index >= 15 is 4.39 Å². The Hall–Kier alpha value is -3.40. The van der Waals surface area contributed by atoms with Crippen molar-refractivity contribution in [2.45, 2.75) is 231 Å². The largest absolute Gasteiger partial charge is 0.464 e. The van der Waals surface area contributed by atoms with E-state index in [1.165, 1.54) is 32.9 Å². The molecule has 22 atom stereocenters. The monoisotopic (exact) mass is 1090 g/mol. The summed E-state index contributed by atoms with van der Waals surface area (Å²) < 4.78 is 54.9. The van der Waals surface area contributed by atoms with Crippen molar-refractivity contribution in [3.05, 3.63) is 23.8 Å². The number of rotatable bonds is 12. The van der Waals surface area contributed by atoms with Gasteiger partial charge in [-0.2, -0.15) is 0 Å². The number of likely N-dealkylation sites (N-methyl/N-ethyl adjacent to an activating group) is 2. The molecule has 0 amide bonds. The number of aliphatic hydroxyl groups excluding tert-OH is 2. The molecule has 2 aliphatic heterocycles. The number of esters is 4. The van der Waals surface area contributed by atoms with Crippen molar-refractivity contribution >= 4 is 29.7 Å². The van der Waals surface area contributed by atoms with Gasteiger partial charge >= 0.3 is 23.9 Å². The van der Waals surface area contributed by atoms with Crippen LogP contribution in [-0.4, -0.2) is 183 Å². The number of hydrogen-bond donors (Lipinski definition) is 5. The van der Waals surface area contributed by atoms with Crippen LogP contribution >= 0.6 is 0 Å². The molecule has 0 spiro atoms. The summed E-state index contributed by atoms with van der Waals surface area (Å²) in [6, 6.07) is -0.985. The molecule has 5 fully saturated rings. The molecule has 4 aliphatic carbocycles. The van der Waals surface area contributed by atoms with Gasteiger partial charge in [-0.1, -0.05) is 46.3 Å². The molecule has 77 heavy (non-hydrogen) atoms. The Kier molecular flexibility index (Phi) is 19.2. The first kappa shape index (κ1) is 62.8. The molecule has 3 saturated carbocycles. The standard InChI is InChI=1S/C58H93FN2O16/c1-16-44-56(12,70)48(66)36(7)61(15)30-31(2)28-55(11,69)49(77-51-47(74-37(8)62)42(60(13)14)26-33(4)73-51)34(5)46(35(6)50(67)75-44)76-45(65)19-17-18-24-72-52(68)58(71)32(3)25-41-40-21-20-38-27-39(63)22-23-53(38,9)57(40,59)43(64)29-54(41,58)10/h22-23,27,31-36,40-44,46-49,51,64,66,69-71H,16-21,24-26,28-30H2,1-15H3/t31-,32-,33-,34+,35-,36-,40?,41?,42-,43+,44-,46+,47-,48-,49-,51+,53+,54+,55?,56-,57+,58+/m1/s1. The van der Waals surface area contributed by atoms with E-state index in [2.05, 4.69) is 0 Å². The molecule has 2 heterocycles. The van der Waals surface area contributed by atoms with E-state index in [1.54, 1.807) is 61.6 Å². The second-order valence-corrected chi connectivity index (χ2v) is 25.4. The molecular formula is C58H93FN2O16. The summed E-state index contributed by atoms with van der Waals surface area (Å²) in [7, 11) is 5.49. The Morgan fingerprint density at radius 2 is 1.58 bits per heavy atom. The Bertz CT molecular complexity index is 2220. The van der Waals surface area contributed by atoms with Gasteiger partial charge in [-0.15, -0.1) is 0 Å². The number of ketones is 1. The van der Waals surface area contributed by atoms with Crippen molar-refractivity contribution in [1.82, 2.24) is 9.80 Å². The van der Waals surface area contributed by atoms with E-state index in [4.69, 9.17) is 28.4 Å². The lowest BCUT2D eigenvalue weighted by Gasteiger charge is -2.62. The fraction of sp³-hybridized carbons (Fsp3) is 0.845. The summed E-state index contributed by atoms with van der Waals surface area (Å²) >= 11 is 0. The first-order valence-corrected chi connectivity index (χ1v) is 28.2. The number of carbonyl (C=O) groups is 5. The average molecular weight is 1090 g/mol. The summed E-state index contributed by atoms with van der Waals surface area (Å²) in [5, 5.41) is 60.5. The molecule has 0 bridgehead atoms. The second-order valence-electron chi connectivity index (χ2n) is 25.4. The number of hydrogen-bond acceptors (Lipinski definition) is 18. The van der Waals surface area contributed by atoms with Crippen molar-refractivity contribution in [3.8, 4) is 0 Å². The van der Waals surface area contributed by atoms with Crippen molar-refractivity contribution in [2.24, 2.45) is 46.3 Å². The summed E-state index contributed by atoms with van der Waals surface area (Å²) in [4.78, 5) is 71.4. The summed E-state index contributed by atoms with van der Waals surface area (Å²) in [5.74, 6) is -7.64. The lowest BCUT2D eigenvalue weighted by molar-refractivity contribution is -0.301. The third kappa shape index (κ3) is 11.7. The summed E-state index contributed by atoms with van der Waals surface area (Å²) in [6.07, 6.45) is -3.23. The molecule has 6 rings (SSSR count). The minimum Gasteiger partial charge on any atom is -0.464 e. The van der Waals surface area contributed by atoms with Crippen LogP contribution in [0, 0.1) is 46.3 Å². The molecule has 18 nitrogen and oxygen atoms in total. The molecule has 6 aliphatic rings. The first-order valence-electron chi connectivity index (χ1n) is 28.2. The fourth-order valence-electron chi connectivity index (χ4n) is 15.1. The predicted molar refractivity (Wildman–Crippen MR) is 281 cm³/mol. The van der Waals surface area contributed by atoms with Crippen LogP contribution in [0.5, 0.6) is 0 Å². The lowest BCUT2D eigenvalue weighted by atomic mass is 9.45. The molecule has 0 radical (unpaired) electrons. The van der Waals surface area contributed by atoms with E-state index in [0.29, 0.717) is 37.8 Å². The highest BCUT2D eigenvalue weighted by molar-refractivity contribution is 6.01. The van der Waals surface area contributed by atoms with Crippen LogP contribution in [0.4, 0.5) is 4.39 Å². The van der Waals surface area contributed by atoms with Gasteiger partial charge in [-0.3, -0.25) is 19.2 Å². The van der Waals surface area contributed by atoms with Crippen molar-refractivity contribution in [2.75, 3.05) is 34.3 Å². The second kappa shape index (κ2) is 23.6. The average Bonchev–Trinajstić information content (AvgIpc) is 3.79. The van der Waals surface area contributed by atoms with Gasteiger partial charge in [-0.05, 0) is 150 Å². The highest BCUT2D eigenvalue weighted by Gasteiger charge is 2.76. The fourth-order valence-corrected chi connectivity index (χ4v) is 15.1. The van der Waals surface area contributed by atoms with Crippen LogP contribution in [0.3, 0.4) is 0 Å². The number of cyclic esters (lactones) is 1. The van der Waals surface area contributed by atoms with Gasteiger partial charge < -0.3 is 63.8 Å². The Morgan fingerprint density at radius 3 is 2.21 bits per heavy atom. The quantitative estimate of drug-likeness (QED) is 0.0962. The maximum absolute atomic E-state index is 17.7. The molecule has 19 heteroatoms. The van der Waals surface area contributed by atoms with E-state index in [9.17, 15) is 49.5 Å². The highest BCUT2D eigenvalue weighted by Crippen LogP contribution is 2.70. The molecule has 5 N–H and O–H groups in total.